The molecule has 0 saturated heterocycles. The second kappa shape index (κ2) is 4.81. The Morgan fingerprint density at radius 1 is 1.12 bits per heavy atom. The lowest BCUT2D eigenvalue weighted by Crippen LogP contribution is -2.20. The quantitative estimate of drug-likeness (QED) is 0.589. The van der Waals surface area contributed by atoms with Gasteiger partial charge in [-0.25, -0.2) is 0 Å². The third kappa shape index (κ3) is 2.30. The van der Waals surface area contributed by atoms with Gasteiger partial charge in [0.25, 0.3) is 0 Å². The second-order valence-electron chi connectivity index (χ2n) is 6.30. The summed E-state index contributed by atoms with van der Waals surface area (Å²) < 4.78 is 0. The van der Waals surface area contributed by atoms with Gasteiger partial charge in [-0.1, -0.05) is 12.5 Å². The monoisotopic (exact) mass is 270 g/mol. The van der Waals surface area contributed by atoms with Crippen molar-refractivity contribution in [2.24, 2.45) is 17.8 Å². The first kappa shape index (κ1) is 12.4. The third-order valence-electron chi connectivity index (χ3n) is 4.97. The van der Waals surface area contributed by atoms with Gasteiger partial charge in [-0.05, 0) is 68.1 Å². The number of hydrogen-bond acceptors (Lipinski definition) is 1. The fraction of sp³-hybridized carbons (Fsp3) is 0.867. The van der Waals surface area contributed by atoms with E-state index in [2.05, 4.69) is 25.6 Å². The maximum Gasteiger partial charge on any atom is 0.0336 e. The van der Waals surface area contributed by atoms with Crippen LogP contribution in [0.5, 0.6) is 0 Å². The number of alkyl halides is 1. The highest BCUT2D eigenvalue weighted by molar-refractivity contribution is 8.03. The summed E-state index contributed by atoms with van der Waals surface area (Å²) in [5, 5.41) is 1.38. The molecule has 3 atom stereocenters. The van der Waals surface area contributed by atoms with E-state index in [1.54, 1.807) is 4.91 Å². The topological polar surface area (TPSA) is 0 Å². The highest BCUT2D eigenvalue weighted by Crippen LogP contribution is 2.55. The Balaban J connectivity index is 1.75. The molecule has 0 aromatic carbocycles. The highest BCUT2D eigenvalue weighted by Gasteiger charge is 2.43. The minimum absolute atomic E-state index is 0.458. The molecule has 3 rings (SSSR count). The van der Waals surface area contributed by atoms with Crippen molar-refractivity contribution in [3.63, 3.8) is 0 Å². The highest BCUT2D eigenvalue weighted by atomic mass is 35.5. The Morgan fingerprint density at radius 2 is 1.82 bits per heavy atom. The van der Waals surface area contributed by atoms with Crippen LogP contribution in [0, 0.1) is 17.8 Å². The van der Waals surface area contributed by atoms with Gasteiger partial charge in [0.05, 0.1) is 0 Å². The molecule has 17 heavy (non-hydrogen) atoms. The van der Waals surface area contributed by atoms with Crippen molar-refractivity contribution in [2.45, 2.75) is 63.0 Å². The first-order valence-corrected chi connectivity index (χ1v) is 8.48. The molecule has 0 bridgehead atoms. The normalized spacial score (nSPS) is 46.4. The van der Waals surface area contributed by atoms with Crippen LogP contribution in [0.25, 0.3) is 0 Å². The van der Waals surface area contributed by atoms with Crippen molar-refractivity contribution in [3.8, 4) is 0 Å². The summed E-state index contributed by atoms with van der Waals surface area (Å²) >= 11 is 8.43. The van der Waals surface area contributed by atoms with Gasteiger partial charge in [-0.2, -0.15) is 0 Å². The molecule has 0 aromatic rings. The van der Waals surface area contributed by atoms with Crippen molar-refractivity contribution in [1.29, 1.82) is 0 Å². The minimum atomic E-state index is 0.458. The lowest BCUT2D eigenvalue weighted by atomic mass is 9.77. The zero-order chi connectivity index (χ0) is 12.0. The zero-order valence-electron chi connectivity index (χ0n) is 10.9. The molecule has 3 aliphatic rings. The SMILES string of the molecule is CC1=C(C2CCC(Cl)CC2)C2CC(C)CC2S1. The molecular weight excluding hydrogens is 248 g/mol. The summed E-state index contributed by atoms with van der Waals surface area (Å²) in [5.74, 6) is 2.75. The van der Waals surface area contributed by atoms with E-state index in [1.165, 1.54) is 38.5 Å². The van der Waals surface area contributed by atoms with Crippen LogP contribution in [0.2, 0.25) is 0 Å². The van der Waals surface area contributed by atoms with Crippen molar-refractivity contribution in [1.82, 2.24) is 0 Å². The predicted molar refractivity (Wildman–Crippen MR) is 77.6 cm³/mol. The van der Waals surface area contributed by atoms with Crippen LogP contribution in [0.15, 0.2) is 10.5 Å². The smallest absolute Gasteiger partial charge is 0.0336 e. The second-order valence-corrected chi connectivity index (χ2v) is 8.37. The van der Waals surface area contributed by atoms with Crippen molar-refractivity contribution >= 4 is 23.4 Å². The van der Waals surface area contributed by atoms with Crippen LogP contribution in [0.1, 0.15) is 52.4 Å². The Hall–Kier alpha value is 0.380. The molecule has 2 heteroatoms. The molecule has 0 aromatic heterocycles. The van der Waals surface area contributed by atoms with E-state index in [1.807, 2.05) is 5.57 Å². The molecule has 0 N–H and O–H groups in total. The Bertz CT molecular complexity index is 328. The van der Waals surface area contributed by atoms with Gasteiger partial charge in [-0.3, -0.25) is 0 Å². The number of halogens is 1. The molecule has 0 radical (unpaired) electrons. The number of allylic oxidation sites excluding steroid dienone is 2. The van der Waals surface area contributed by atoms with Gasteiger partial charge in [0.1, 0.15) is 0 Å². The number of fused-ring (bicyclic) bond motifs is 1. The van der Waals surface area contributed by atoms with E-state index < -0.39 is 0 Å². The Morgan fingerprint density at radius 3 is 2.53 bits per heavy atom. The Labute approximate surface area is 115 Å². The largest absolute Gasteiger partial charge is 0.127 e. The average molecular weight is 271 g/mol. The van der Waals surface area contributed by atoms with Gasteiger partial charge < -0.3 is 0 Å². The lowest BCUT2D eigenvalue weighted by molar-refractivity contribution is 0.375. The first-order valence-electron chi connectivity index (χ1n) is 7.16. The molecule has 0 amide bonds. The zero-order valence-corrected chi connectivity index (χ0v) is 12.5. The van der Waals surface area contributed by atoms with Crippen molar-refractivity contribution in [3.05, 3.63) is 10.5 Å². The summed E-state index contributed by atoms with van der Waals surface area (Å²) in [7, 11) is 0. The molecule has 0 nitrogen and oxygen atoms in total. The van der Waals surface area contributed by atoms with Crippen molar-refractivity contribution < 1.29 is 0 Å². The molecule has 2 fully saturated rings. The maximum absolute atomic E-state index is 6.24. The molecule has 2 saturated carbocycles. The van der Waals surface area contributed by atoms with E-state index in [0.29, 0.717) is 5.38 Å². The van der Waals surface area contributed by atoms with E-state index in [4.69, 9.17) is 11.6 Å². The van der Waals surface area contributed by atoms with Gasteiger partial charge in [0.2, 0.25) is 0 Å². The van der Waals surface area contributed by atoms with E-state index in [9.17, 15) is 0 Å². The molecule has 96 valence electrons. The first-order chi connectivity index (χ1) is 8.15. The van der Waals surface area contributed by atoms with Crippen LogP contribution >= 0.6 is 23.4 Å². The summed E-state index contributed by atoms with van der Waals surface area (Å²) in [4.78, 5) is 1.67. The molecule has 0 spiro atoms. The Kier molecular flexibility index (Phi) is 3.51. The van der Waals surface area contributed by atoms with Crippen molar-refractivity contribution in [2.75, 3.05) is 0 Å². The molecule has 2 aliphatic carbocycles. The van der Waals surface area contributed by atoms with Gasteiger partial charge in [0.15, 0.2) is 0 Å². The fourth-order valence-electron chi connectivity index (χ4n) is 4.21. The maximum atomic E-state index is 6.24. The molecule has 3 unspecified atom stereocenters. The summed E-state index contributed by atoms with van der Waals surface area (Å²) in [6.45, 7) is 4.80. The van der Waals surface area contributed by atoms with E-state index in [0.717, 1.165) is 23.0 Å². The fourth-order valence-corrected chi connectivity index (χ4v) is 6.22. The number of thioether (sulfide) groups is 1. The third-order valence-corrected chi connectivity index (χ3v) is 6.82. The lowest BCUT2D eigenvalue weighted by Gasteiger charge is -2.29. The molecule has 1 heterocycles. The molecular formula is C15H23ClS. The number of hydrogen-bond donors (Lipinski definition) is 0. The van der Waals surface area contributed by atoms with Crippen LogP contribution in [-0.2, 0) is 0 Å². The summed E-state index contributed by atoms with van der Waals surface area (Å²) in [5.41, 5.74) is 1.85. The minimum Gasteiger partial charge on any atom is -0.127 e. The summed E-state index contributed by atoms with van der Waals surface area (Å²) in [6.07, 6.45) is 8.06. The average Bonchev–Trinajstić information content (AvgIpc) is 2.75. The van der Waals surface area contributed by atoms with Crippen LogP contribution in [0.4, 0.5) is 0 Å². The number of rotatable bonds is 1. The van der Waals surface area contributed by atoms with Gasteiger partial charge >= 0.3 is 0 Å². The molecule has 1 aliphatic heterocycles. The predicted octanol–water partition coefficient (Wildman–Crippen LogP) is 5.22. The van der Waals surface area contributed by atoms with Crippen LogP contribution < -0.4 is 0 Å². The standard InChI is InChI=1S/C15H23ClS/c1-9-7-13-14(8-9)17-10(2)15(13)11-3-5-12(16)6-4-11/h9,11-14H,3-8H2,1-2H3. The van der Waals surface area contributed by atoms with Crippen LogP contribution in [0.3, 0.4) is 0 Å². The van der Waals surface area contributed by atoms with Crippen LogP contribution in [-0.4, -0.2) is 10.6 Å². The van der Waals surface area contributed by atoms with Gasteiger partial charge in [0, 0.05) is 10.6 Å². The summed E-state index contributed by atoms with van der Waals surface area (Å²) in [6, 6.07) is 0. The van der Waals surface area contributed by atoms with E-state index >= 15 is 0 Å². The van der Waals surface area contributed by atoms with Gasteiger partial charge in [-0.15, -0.1) is 23.4 Å². The van der Waals surface area contributed by atoms with E-state index in [-0.39, 0.29) is 0 Å².